The molecule has 0 spiro atoms. The number of aromatic nitrogens is 1. The maximum atomic E-state index is 12.5. The molecule has 2 aromatic carbocycles. The molecule has 0 fully saturated rings. The number of benzene rings is 2. The third-order valence-electron chi connectivity index (χ3n) is 4.73. The Kier molecular flexibility index (Phi) is 4.55. The molecule has 3 aromatic rings. The van der Waals surface area contributed by atoms with E-state index in [2.05, 4.69) is 10.3 Å². The lowest BCUT2D eigenvalue weighted by Gasteiger charge is -2.18. The van der Waals surface area contributed by atoms with E-state index >= 15 is 0 Å². The summed E-state index contributed by atoms with van der Waals surface area (Å²) in [5.41, 5.74) is 1.38. The van der Waals surface area contributed by atoms with Crippen molar-refractivity contribution in [2.45, 2.75) is 25.9 Å². The number of fused-ring (bicyclic) bond motifs is 2. The van der Waals surface area contributed by atoms with Crippen molar-refractivity contribution >= 4 is 16.8 Å². The summed E-state index contributed by atoms with van der Waals surface area (Å²) in [6.07, 6.45) is 2.28. The number of para-hydroxylation sites is 2. The summed E-state index contributed by atoms with van der Waals surface area (Å²) < 4.78 is 11.8. The highest BCUT2D eigenvalue weighted by atomic mass is 16.5. The van der Waals surface area contributed by atoms with E-state index in [0.29, 0.717) is 16.7 Å². The van der Waals surface area contributed by atoms with E-state index in [1.165, 1.54) is 6.20 Å². The molecular weight excluding hydrogens is 356 g/mol. The number of pyridine rings is 1. The van der Waals surface area contributed by atoms with E-state index in [4.69, 9.17) is 9.47 Å². The number of carbonyl (C=O) groups is 1. The summed E-state index contributed by atoms with van der Waals surface area (Å²) in [4.78, 5) is 27.9. The van der Waals surface area contributed by atoms with Gasteiger partial charge < -0.3 is 19.8 Å². The Morgan fingerprint density at radius 3 is 2.89 bits per heavy atom. The quantitative estimate of drug-likeness (QED) is 0.669. The van der Waals surface area contributed by atoms with Crippen molar-refractivity contribution in [2.75, 3.05) is 13.2 Å². The third kappa shape index (κ3) is 3.45. The minimum Gasteiger partial charge on any atom is -0.488 e. The average molecular weight is 378 g/mol. The molecule has 1 aromatic heterocycles. The average Bonchev–Trinajstić information content (AvgIpc) is 3.00. The van der Waals surface area contributed by atoms with Crippen LogP contribution < -0.4 is 20.2 Å². The Bertz CT molecular complexity index is 1100. The van der Waals surface area contributed by atoms with E-state index < -0.39 is 5.91 Å². The highest BCUT2D eigenvalue weighted by molar-refractivity contribution is 5.97. The van der Waals surface area contributed by atoms with Crippen LogP contribution in [0.5, 0.6) is 11.5 Å². The van der Waals surface area contributed by atoms with E-state index in [1.807, 2.05) is 38.1 Å². The summed E-state index contributed by atoms with van der Waals surface area (Å²) in [6.45, 7) is 4.63. The van der Waals surface area contributed by atoms with Crippen molar-refractivity contribution in [1.82, 2.24) is 10.3 Å². The standard InChI is InChI=1S/C22H22N2O4/c1-22(2)12-14-6-5-9-18(20(14)28-22)27-11-10-23-21(26)16-13-24-17-8-4-3-7-15(17)19(16)25/h3-9,13H,10-12H2,1-2H3,(H,23,26)(H,24,25). The lowest BCUT2D eigenvalue weighted by Crippen LogP contribution is -2.32. The second kappa shape index (κ2) is 7.03. The fourth-order valence-electron chi connectivity index (χ4n) is 3.46. The second-order valence-corrected chi connectivity index (χ2v) is 7.46. The Morgan fingerprint density at radius 2 is 2.04 bits per heavy atom. The van der Waals surface area contributed by atoms with E-state index in [0.717, 1.165) is 17.7 Å². The summed E-state index contributed by atoms with van der Waals surface area (Å²) >= 11 is 0. The van der Waals surface area contributed by atoms with Gasteiger partial charge >= 0.3 is 0 Å². The number of carbonyl (C=O) groups excluding carboxylic acids is 1. The molecule has 0 unspecified atom stereocenters. The van der Waals surface area contributed by atoms with Crippen LogP contribution in [0.2, 0.25) is 0 Å². The number of nitrogens with one attached hydrogen (secondary N) is 2. The molecule has 6 nitrogen and oxygen atoms in total. The molecule has 6 heteroatoms. The molecule has 2 heterocycles. The first-order chi connectivity index (χ1) is 13.4. The number of amides is 1. The smallest absolute Gasteiger partial charge is 0.256 e. The SMILES string of the molecule is CC1(C)Cc2cccc(OCCNC(=O)c3c[nH]c4ccccc4c3=O)c2O1. The van der Waals surface area contributed by atoms with Crippen molar-refractivity contribution < 1.29 is 14.3 Å². The molecule has 2 N–H and O–H groups in total. The molecule has 1 aliphatic heterocycles. The topological polar surface area (TPSA) is 80.4 Å². The van der Waals surface area contributed by atoms with Crippen molar-refractivity contribution in [3.05, 3.63) is 70.0 Å². The van der Waals surface area contributed by atoms with Gasteiger partial charge in [0.2, 0.25) is 5.43 Å². The highest BCUT2D eigenvalue weighted by Gasteiger charge is 2.32. The molecule has 144 valence electrons. The number of H-pyrrole nitrogens is 1. The molecule has 4 rings (SSSR count). The fraction of sp³-hybridized carbons (Fsp3) is 0.273. The van der Waals surface area contributed by atoms with Crippen molar-refractivity contribution in [3.8, 4) is 11.5 Å². The van der Waals surface area contributed by atoms with Gasteiger partial charge in [-0.2, -0.15) is 0 Å². The third-order valence-corrected chi connectivity index (χ3v) is 4.73. The van der Waals surface area contributed by atoms with Gasteiger partial charge in [0.25, 0.3) is 5.91 Å². The summed E-state index contributed by atoms with van der Waals surface area (Å²) in [6, 6.07) is 12.9. The monoisotopic (exact) mass is 378 g/mol. The maximum absolute atomic E-state index is 12.5. The summed E-state index contributed by atoms with van der Waals surface area (Å²) in [5, 5.41) is 3.23. The molecule has 0 aliphatic carbocycles. The van der Waals surface area contributed by atoms with Crippen LogP contribution in [0.4, 0.5) is 0 Å². The number of hydrogen-bond donors (Lipinski definition) is 2. The predicted molar refractivity (Wildman–Crippen MR) is 107 cm³/mol. The zero-order chi connectivity index (χ0) is 19.7. The fourth-order valence-corrected chi connectivity index (χ4v) is 3.46. The molecule has 0 atom stereocenters. The van der Waals surface area contributed by atoms with Crippen LogP contribution in [-0.2, 0) is 6.42 Å². The van der Waals surface area contributed by atoms with Crippen LogP contribution in [0, 0.1) is 0 Å². The minimum absolute atomic E-state index is 0.0874. The molecule has 0 radical (unpaired) electrons. The maximum Gasteiger partial charge on any atom is 0.256 e. The largest absolute Gasteiger partial charge is 0.488 e. The van der Waals surface area contributed by atoms with Gasteiger partial charge in [0, 0.05) is 29.1 Å². The Balaban J connectivity index is 1.38. The van der Waals surface area contributed by atoms with Crippen LogP contribution in [0.1, 0.15) is 29.8 Å². The molecule has 0 bridgehead atoms. The summed E-state index contributed by atoms with van der Waals surface area (Å²) in [7, 11) is 0. The first-order valence-corrected chi connectivity index (χ1v) is 9.27. The molecule has 28 heavy (non-hydrogen) atoms. The van der Waals surface area contributed by atoms with Crippen molar-refractivity contribution in [1.29, 1.82) is 0 Å². The number of hydrogen-bond acceptors (Lipinski definition) is 4. The van der Waals surface area contributed by atoms with Crippen LogP contribution in [0.15, 0.2) is 53.5 Å². The second-order valence-electron chi connectivity index (χ2n) is 7.46. The van der Waals surface area contributed by atoms with E-state index in [-0.39, 0.29) is 29.7 Å². The predicted octanol–water partition coefficient (Wildman–Crippen LogP) is 3.05. The molecule has 1 aliphatic rings. The van der Waals surface area contributed by atoms with Crippen LogP contribution >= 0.6 is 0 Å². The van der Waals surface area contributed by atoms with Crippen molar-refractivity contribution in [3.63, 3.8) is 0 Å². The Morgan fingerprint density at radius 1 is 1.21 bits per heavy atom. The van der Waals surface area contributed by atoms with Gasteiger partial charge in [-0.15, -0.1) is 0 Å². The van der Waals surface area contributed by atoms with Gasteiger partial charge in [-0.1, -0.05) is 24.3 Å². The Labute approximate surface area is 162 Å². The van der Waals surface area contributed by atoms with Gasteiger partial charge in [0.1, 0.15) is 17.8 Å². The number of rotatable bonds is 5. The van der Waals surface area contributed by atoms with Gasteiger partial charge in [0.05, 0.1) is 6.54 Å². The lowest BCUT2D eigenvalue weighted by molar-refractivity contribution is 0.0945. The van der Waals surface area contributed by atoms with Gasteiger partial charge in [0.15, 0.2) is 11.5 Å². The summed E-state index contributed by atoms with van der Waals surface area (Å²) in [5.74, 6) is 1.01. The van der Waals surface area contributed by atoms with Crippen molar-refractivity contribution in [2.24, 2.45) is 0 Å². The lowest BCUT2D eigenvalue weighted by atomic mass is 10.0. The molecule has 0 saturated carbocycles. The Hall–Kier alpha value is -3.28. The molecule has 1 amide bonds. The number of aromatic amines is 1. The van der Waals surface area contributed by atoms with Gasteiger partial charge in [-0.25, -0.2) is 0 Å². The normalized spacial score (nSPS) is 14.4. The number of ether oxygens (including phenoxy) is 2. The molecular formula is C22H22N2O4. The van der Waals surface area contributed by atoms with Crippen LogP contribution in [0.3, 0.4) is 0 Å². The van der Waals surface area contributed by atoms with Gasteiger partial charge in [-0.3, -0.25) is 9.59 Å². The van der Waals surface area contributed by atoms with E-state index in [1.54, 1.807) is 18.2 Å². The minimum atomic E-state index is -0.425. The van der Waals surface area contributed by atoms with Crippen LogP contribution in [-0.4, -0.2) is 29.6 Å². The zero-order valence-corrected chi connectivity index (χ0v) is 15.9. The van der Waals surface area contributed by atoms with Crippen LogP contribution in [0.25, 0.3) is 10.9 Å². The zero-order valence-electron chi connectivity index (χ0n) is 15.9. The first-order valence-electron chi connectivity index (χ1n) is 9.27. The molecule has 0 saturated heterocycles. The van der Waals surface area contributed by atoms with Gasteiger partial charge in [-0.05, 0) is 32.0 Å². The van der Waals surface area contributed by atoms with E-state index in [9.17, 15) is 9.59 Å². The first kappa shape index (κ1) is 18.1. The highest BCUT2D eigenvalue weighted by Crippen LogP contribution is 2.41.